The minimum absolute atomic E-state index is 0.0956. The lowest BCUT2D eigenvalue weighted by Crippen LogP contribution is -2.12. The highest BCUT2D eigenvalue weighted by molar-refractivity contribution is 5.34. The normalized spacial score (nSPS) is 12.9. The highest BCUT2D eigenvalue weighted by Crippen LogP contribution is 2.25. The first-order valence-electron chi connectivity index (χ1n) is 7.02. The SMILES string of the molecule is CCc1occc1C(N)c1ccc(CC(C)C)cc1. The van der Waals surface area contributed by atoms with Crippen LogP contribution in [0.4, 0.5) is 0 Å². The first-order chi connectivity index (χ1) is 9.11. The minimum Gasteiger partial charge on any atom is -0.469 e. The van der Waals surface area contributed by atoms with Crippen LogP contribution in [0.5, 0.6) is 0 Å². The maximum absolute atomic E-state index is 6.33. The summed E-state index contributed by atoms with van der Waals surface area (Å²) in [7, 11) is 0. The van der Waals surface area contributed by atoms with E-state index in [1.807, 2.05) is 6.07 Å². The van der Waals surface area contributed by atoms with Crippen molar-refractivity contribution in [2.24, 2.45) is 11.7 Å². The summed E-state index contributed by atoms with van der Waals surface area (Å²) in [5.41, 5.74) is 9.94. The lowest BCUT2D eigenvalue weighted by atomic mass is 9.96. The van der Waals surface area contributed by atoms with Crippen molar-refractivity contribution in [3.63, 3.8) is 0 Å². The van der Waals surface area contributed by atoms with Crippen LogP contribution in [0.3, 0.4) is 0 Å². The Balaban J connectivity index is 2.18. The zero-order valence-corrected chi connectivity index (χ0v) is 12.0. The van der Waals surface area contributed by atoms with Crippen LogP contribution in [-0.4, -0.2) is 0 Å². The van der Waals surface area contributed by atoms with Crippen LogP contribution in [0.15, 0.2) is 41.0 Å². The predicted octanol–water partition coefficient (Wildman–Crippen LogP) is 4.09. The first kappa shape index (κ1) is 13.9. The van der Waals surface area contributed by atoms with Crippen LogP contribution in [0.25, 0.3) is 0 Å². The second-order valence-corrected chi connectivity index (χ2v) is 5.47. The molecule has 1 heterocycles. The molecule has 2 heteroatoms. The van der Waals surface area contributed by atoms with Gasteiger partial charge < -0.3 is 10.2 Å². The van der Waals surface area contributed by atoms with Crippen LogP contribution in [0.2, 0.25) is 0 Å². The summed E-state index contributed by atoms with van der Waals surface area (Å²) in [4.78, 5) is 0. The number of furan rings is 1. The zero-order valence-electron chi connectivity index (χ0n) is 12.0. The quantitative estimate of drug-likeness (QED) is 0.876. The summed E-state index contributed by atoms with van der Waals surface area (Å²) in [6, 6.07) is 10.5. The molecular weight excluding hydrogens is 234 g/mol. The summed E-state index contributed by atoms with van der Waals surface area (Å²) in [6.45, 7) is 6.55. The van der Waals surface area contributed by atoms with Crippen LogP contribution in [0.1, 0.15) is 49.3 Å². The molecule has 1 aromatic heterocycles. The van der Waals surface area contributed by atoms with E-state index < -0.39 is 0 Å². The third-order valence-corrected chi connectivity index (χ3v) is 3.42. The molecule has 2 aromatic rings. The third kappa shape index (κ3) is 3.27. The molecule has 1 aromatic carbocycles. The molecule has 102 valence electrons. The van der Waals surface area contributed by atoms with E-state index in [0.717, 1.165) is 29.7 Å². The van der Waals surface area contributed by atoms with Crippen LogP contribution >= 0.6 is 0 Å². The summed E-state index contributed by atoms with van der Waals surface area (Å²) < 4.78 is 5.45. The smallest absolute Gasteiger partial charge is 0.108 e. The van der Waals surface area contributed by atoms with Crippen LogP contribution in [-0.2, 0) is 12.8 Å². The molecule has 0 fully saturated rings. The fourth-order valence-corrected chi connectivity index (χ4v) is 2.43. The standard InChI is InChI=1S/C17H23NO/c1-4-16-15(9-10-19-16)17(18)14-7-5-13(6-8-14)11-12(2)3/h5-10,12,17H,4,11,18H2,1-3H3. The second-order valence-electron chi connectivity index (χ2n) is 5.47. The average Bonchev–Trinajstić information content (AvgIpc) is 2.86. The number of benzene rings is 1. The Morgan fingerprint density at radius 1 is 1.11 bits per heavy atom. The fourth-order valence-electron chi connectivity index (χ4n) is 2.43. The van der Waals surface area contributed by atoms with Crippen molar-refractivity contribution in [2.45, 2.75) is 39.7 Å². The molecule has 1 atom stereocenters. The number of rotatable bonds is 5. The van der Waals surface area contributed by atoms with Crippen molar-refractivity contribution in [1.29, 1.82) is 0 Å². The molecule has 19 heavy (non-hydrogen) atoms. The molecule has 2 rings (SSSR count). The highest BCUT2D eigenvalue weighted by Gasteiger charge is 2.14. The summed E-state index contributed by atoms with van der Waals surface area (Å²) in [5, 5.41) is 0. The van der Waals surface area contributed by atoms with Gasteiger partial charge >= 0.3 is 0 Å². The van der Waals surface area contributed by atoms with E-state index in [-0.39, 0.29) is 6.04 Å². The largest absolute Gasteiger partial charge is 0.469 e. The molecule has 0 radical (unpaired) electrons. The molecule has 0 saturated carbocycles. The number of hydrogen-bond acceptors (Lipinski definition) is 2. The molecular formula is C17H23NO. The summed E-state index contributed by atoms with van der Waals surface area (Å²) in [5.74, 6) is 1.67. The molecule has 0 aliphatic heterocycles. The van der Waals surface area contributed by atoms with Gasteiger partial charge in [-0.15, -0.1) is 0 Å². The third-order valence-electron chi connectivity index (χ3n) is 3.42. The van der Waals surface area contributed by atoms with Gasteiger partial charge in [0, 0.05) is 12.0 Å². The molecule has 0 aliphatic carbocycles. The van der Waals surface area contributed by atoms with E-state index in [0.29, 0.717) is 5.92 Å². The van der Waals surface area contributed by atoms with E-state index in [1.165, 1.54) is 5.56 Å². The van der Waals surface area contributed by atoms with Gasteiger partial charge in [-0.1, -0.05) is 45.0 Å². The van der Waals surface area contributed by atoms with Gasteiger partial charge in [0.25, 0.3) is 0 Å². The first-order valence-corrected chi connectivity index (χ1v) is 7.02. The lowest BCUT2D eigenvalue weighted by molar-refractivity contribution is 0.509. The molecule has 2 N–H and O–H groups in total. The van der Waals surface area contributed by atoms with Crippen LogP contribution in [0, 0.1) is 5.92 Å². The van der Waals surface area contributed by atoms with Gasteiger partial charge in [-0.05, 0) is 29.5 Å². The molecule has 0 bridgehead atoms. The van der Waals surface area contributed by atoms with Crippen molar-refractivity contribution in [3.05, 3.63) is 59.0 Å². The average molecular weight is 257 g/mol. The second kappa shape index (κ2) is 6.07. The Labute approximate surface area is 115 Å². The maximum Gasteiger partial charge on any atom is 0.108 e. The number of aryl methyl sites for hydroxylation is 1. The van der Waals surface area contributed by atoms with Gasteiger partial charge in [0.15, 0.2) is 0 Å². The molecule has 0 amide bonds. The van der Waals surface area contributed by atoms with Crippen LogP contribution < -0.4 is 5.73 Å². The highest BCUT2D eigenvalue weighted by atomic mass is 16.3. The molecule has 0 saturated heterocycles. The van der Waals surface area contributed by atoms with E-state index in [4.69, 9.17) is 10.2 Å². The van der Waals surface area contributed by atoms with Gasteiger partial charge in [-0.25, -0.2) is 0 Å². The Morgan fingerprint density at radius 2 is 1.79 bits per heavy atom. The Hall–Kier alpha value is -1.54. The Morgan fingerprint density at radius 3 is 2.37 bits per heavy atom. The molecule has 0 spiro atoms. The summed E-state index contributed by atoms with van der Waals surface area (Å²) in [6.07, 6.45) is 3.71. The van der Waals surface area contributed by atoms with E-state index >= 15 is 0 Å². The Kier molecular flexibility index (Phi) is 4.43. The fraction of sp³-hybridized carbons (Fsp3) is 0.412. The van der Waals surface area contributed by atoms with E-state index in [1.54, 1.807) is 6.26 Å². The predicted molar refractivity (Wildman–Crippen MR) is 79.1 cm³/mol. The van der Waals surface area contributed by atoms with Gasteiger partial charge in [0.05, 0.1) is 12.3 Å². The van der Waals surface area contributed by atoms with Gasteiger partial charge in [0.2, 0.25) is 0 Å². The topological polar surface area (TPSA) is 39.2 Å². The zero-order chi connectivity index (χ0) is 13.8. The van der Waals surface area contributed by atoms with Gasteiger partial charge in [-0.3, -0.25) is 0 Å². The van der Waals surface area contributed by atoms with Crippen molar-refractivity contribution in [2.75, 3.05) is 0 Å². The van der Waals surface area contributed by atoms with Gasteiger partial charge in [-0.2, -0.15) is 0 Å². The monoisotopic (exact) mass is 257 g/mol. The molecule has 2 nitrogen and oxygen atoms in total. The van der Waals surface area contributed by atoms with Crippen molar-refractivity contribution in [3.8, 4) is 0 Å². The van der Waals surface area contributed by atoms with Crippen molar-refractivity contribution < 1.29 is 4.42 Å². The molecule has 1 unspecified atom stereocenters. The van der Waals surface area contributed by atoms with Crippen molar-refractivity contribution >= 4 is 0 Å². The van der Waals surface area contributed by atoms with E-state index in [2.05, 4.69) is 45.0 Å². The van der Waals surface area contributed by atoms with Crippen molar-refractivity contribution in [1.82, 2.24) is 0 Å². The lowest BCUT2D eigenvalue weighted by Gasteiger charge is -2.13. The maximum atomic E-state index is 6.33. The minimum atomic E-state index is -0.0956. The summed E-state index contributed by atoms with van der Waals surface area (Å²) >= 11 is 0. The Bertz CT molecular complexity index is 510. The van der Waals surface area contributed by atoms with E-state index in [9.17, 15) is 0 Å². The number of nitrogens with two attached hydrogens (primary N) is 1. The molecule has 0 aliphatic rings. The number of hydrogen-bond donors (Lipinski definition) is 1. The van der Waals surface area contributed by atoms with Gasteiger partial charge in [0.1, 0.15) is 5.76 Å².